The van der Waals surface area contributed by atoms with Crippen LogP contribution in [0, 0.1) is 0 Å². The summed E-state index contributed by atoms with van der Waals surface area (Å²) in [6, 6.07) is 12.4. The molecule has 3 rings (SSSR count). The maximum absolute atomic E-state index is 12.4. The van der Waals surface area contributed by atoms with E-state index in [0.717, 1.165) is 5.69 Å². The minimum absolute atomic E-state index is 0.0408. The number of hydrogen-bond acceptors (Lipinski definition) is 5. The normalized spacial score (nSPS) is 10.5. The Hall–Kier alpha value is -2.29. The lowest BCUT2D eigenvalue weighted by molar-refractivity contribution is -0.642. The van der Waals surface area contributed by atoms with Gasteiger partial charge in [0.05, 0.1) is 21.6 Å². The molecule has 2 aromatic carbocycles. The number of amides is 1. The Morgan fingerprint density at radius 1 is 1.25 bits per heavy atom. The fourth-order valence-corrected chi connectivity index (χ4v) is 3.81. The molecule has 0 aliphatic carbocycles. The second-order valence-electron chi connectivity index (χ2n) is 5.71. The van der Waals surface area contributed by atoms with Crippen LogP contribution in [-0.2, 0) is 4.79 Å². The molecule has 0 bridgehead atoms. The predicted octanol–water partition coefficient (Wildman–Crippen LogP) is 4.10. The summed E-state index contributed by atoms with van der Waals surface area (Å²) in [7, 11) is 0. The van der Waals surface area contributed by atoms with E-state index in [-0.39, 0.29) is 17.4 Å². The molecule has 0 saturated heterocycles. The number of halogens is 2. The molecular formula is C19H15BrClN4O2S+. The number of rotatable bonds is 6. The second-order valence-corrected chi connectivity index (χ2v) is 7.91. The van der Waals surface area contributed by atoms with Gasteiger partial charge in [0.15, 0.2) is 11.5 Å². The number of carbonyl (C=O) groups excluding carboxylic acids is 2. The zero-order valence-electron chi connectivity index (χ0n) is 14.7. The zero-order valence-corrected chi connectivity index (χ0v) is 17.9. The van der Waals surface area contributed by atoms with Crippen molar-refractivity contribution in [2.75, 3.05) is 11.1 Å². The van der Waals surface area contributed by atoms with E-state index in [1.54, 1.807) is 41.2 Å². The summed E-state index contributed by atoms with van der Waals surface area (Å²) in [4.78, 5) is 23.8. The largest absolute Gasteiger partial charge is 0.391 e. The number of nitrogens with zero attached hydrogens (tertiary/aromatic N) is 3. The Morgan fingerprint density at radius 3 is 2.75 bits per heavy atom. The fraction of sp³-hybridized carbons (Fsp3) is 0.105. The van der Waals surface area contributed by atoms with Crippen molar-refractivity contribution in [3.63, 3.8) is 0 Å². The summed E-state index contributed by atoms with van der Waals surface area (Å²) in [5.41, 5.74) is 1.91. The van der Waals surface area contributed by atoms with Crippen molar-refractivity contribution in [1.29, 1.82) is 0 Å². The Balaban J connectivity index is 1.71. The Morgan fingerprint density at radius 2 is 2.04 bits per heavy atom. The van der Waals surface area contributed by atoms with E-state index in [9.17, 15) is 9.59 Å². The fourth-order valence-electron chi connectivity index (χ4n) is 2.37. The molecule has 0 aliphatic heterocycles. The number of hydrogen-bond donors (Lipinski definition) is 1. The lowest BCUT2D eigenvalue weighted by Gasteiger charge is -2.08. The molecule has 0 spiro atoms. The number of Topliss-reactive ketones (excluding diaryl/α,β-unsaturated/α-hetero) is 1. The molecule has 142 valence electrons. The number of anilines is 1. The number of nitrogens with one attached hydrogen (secondary N) is 1. The highest BCUT2D eigenvalue weighted by Gasteiger charge is 2.19. The highest BCUT2D eigenvalue weighted by Crippen LogP contribution is 2.24. The van der Waals surface area contributed by atoms with E-state index in [1.165, 1.54) is 18.7 Å². The molecule has 3 aromatic rings. The van der Waals surface area contributed by atoms with Gasteiger partial charge in [0.25, 0.3) is 0 Å². The van der Waals surface area contributed by atoms with Gasteiger partial charge in [-0.05, 0) is 70.0 Å². The zero-order chi connectivity index (χ0) is 20.1. The van der Waals surface area contributed by atoms with Crippen LogP contribution in [-0.4, -0.2) is 27.6 Å². The van der Waals surface area contributed by atoms with Crippen LogP contribution in [0.5, 0.6) is 0 Å². The standard InChI is InChI=1S/C19H14BrClN4O2S/c1-12(26)13-6-7-16(14(20)10-13)23-18(27)11-28-19-24-22-8-9-25(19)17-5-3-2-4-15(17)21/h2-10H,11H2,1H3/p+1. The minimum atomic E-state index is -0.211. The molecular weight excluding hydrogens is 464 g/mol. The third-order valence-corrected chi connectivity index (χ3v) is 5.64. The van der Waals surface area contributed by atoms with Crippen molar-refractivity contribution in [2.45, 2.75) is 12.1 Å². The van der Waals surface area contributed by atoms with Gasteiger partial charge in [0.1, 0.15) is 12.4 Å². The first-order valence-electron chi connectivity index (χ1n) is 8.17. The molecule has 0 fully saturated rings. The van der Waals surface area contributed by atoms with Crippen LogP contribution in [0.2, 0.25) is 5.02 Å². The molecule has 0 unspecified atom stereocenters. The van der Waals surface area contributed by atoms with Gasteiger partial charge in [-0.15, -0.1) is 0 Å². The second kappa shape index (κ2) is 9.27. The van der Waals surface area contributed by atoms with Gasteiger partial charge >= 0.3 is 5.16 Å². The number of carbonyl (C=O) groups is 2. The lowest BCUT2D eigenvalue weighted by atomic mass is 10.1. The Labute approximate surface area is 179 Å². The average Bonchev–Trinajstić information content (AvgIpc) is 2.68. The van der Waals surface area contributed by atoms with Crippen molar-refractivity contribution >= 4 is 56.7 Å². The first-order chi connectivity index (χ1) is 13.5. The molecule has 9 heteroatoms. The van der Waals surface area contributed by atoms with Crippen LogP contribution in [0.3, 0.4) is 0 Å². The monoisotopic (exact) mass is 477 g/mol. The highest BCUT2D eigenvalue weighted by atomic mass is 79.9. The highest BCUT2D eigenvalue weighted by molar-refractivity contribution is 9.10. The SMILES string of the molecule is CC(=O)c1ccc(NC(=O)CSc2nncc[n+]2-c2ccccc2Cl)c(Br)c1. The van der Waals surface area contributed by atoms with Crippen molar-refractivity contribution in [2.24, 2.45) is 0 Å². The van der Waals surface area contributed by atoms with Gasteiger partial charge in [-0.2, -0.15) is 4.57 Å². The molecule has 0 saturated carbocycles. The van der Waals surface area contributed by atoms with Crippen molar-refractivity contribution in [3.05, 3.63) is 69.9 Å². The average molecular weight is 479 g/mol. The van der Waals surface area contributed by atoms with Gasteiger partial charge in [-0.1, -0.05) is 23.7 Å². The van der Waals surface area contributed by atoms with Gasteiger partial charge in [0, 0.05) is 10.0 Å². The number of para-hydroxylation sites is 1. The summed E-state index contributed by atoms with van der Waals surface area (Å²) < 4.78 is 2.43. The molecule has 1 amide bonds. The Kier molecular flexibility index (Phi) is 6.77. The predicted molar refractivity (Wildman–Crippen MR) is 112 cm³/mol. The number of thioether (sulfide) groups is 1. The first kappa shape index (κ1) is 20.4. The topological polar surface area (TPSA) is 75.8 Å². The van der Waals surface area contributed by atoms with Gasteiger partial charge in [-0.25, -0.2) is 0 Å². The lowest BCUT2D eigenvalue weighted by Crippen LogP contribution is -2.35. The molecule has 28 heavy (non-hydrogen) atoms. The van der Waals surface area contributed by atoms with Crippen LogP contribution in [0.15, 0.2) is 64.5 Å². The van der Waals surface area contributed by atoms with Gasteiger partial charge in [-0.3, -0.25) is 9.59 Å². The maximum Gasteiger partial charge on any atom is 0.391 e. The van der Waals surface area contributed by atoms with E-state index in [0.29, 0.717) is 25.9 Å². The van der Waals surface area contributed by atoms with E-state index in [4.69, 9.17) is 11.6 Å². The summed E-state index contributed by atoms with van der Waals surface area (Å²) in [5, 5.41) is 11.9. The van der Waals surface area contributed by atoms with E-state index in [1.807, 2.05) is 18.2 Å². The maximum atomic E-state index is 12.4. The van der Waals surface area contributed by atoms with Crippen LogP contribution in [0.25, 0.3) is 5.69 Å². The molecule has 1 heterocycles. The smallest absolute Gasteiger partial charge is 0.324 e. The third-order valence-electron chi connectivity index (χ3n) is 3.73. The molecule has 1 aromatic heterocycles. The molecule has 0 atom stereocenters. The quantitative estimate of drug-likeness (QED) is 0.328. The van der Waals surface area contributed by atoms with Crippen LogP contribution in [0.1, 0.15) is 17.3 Å². The molecule has 0 radical (unpaired) electrons. The summed E-state index contributed by atoms with van der Waals surface area (Å²) in [5.74, 6) is -0.122. The number of aromatic nitrogens is 3. The molecule has 1 N–H and O–H groups in total. The van der Waals surface area contributed by atoms with E-state index < -0.39 is 0 Å². The summed E-state index contributed by atoms with van der Waals surface area (Å²) in [6.07, 6.45) is 3.30. The van der Waals surface area contributed by atoms with Crippen LogP contribution in [0.4, 0.5) is 5.69 Å². The van der Waals surface area contributed by atoms with Crippen molar-refractivity contribution in [3.8, 4) is 5.69 Å². The van der Waals surface area contributed by atoms with Crippen molar-refractivity contribution in [1.82, 2.24) is 10.2 Å². The van der Waals surface area contributed by atoms with Crippen LogP contribution >= 0.6 is 39.3 Å². The number of benzene rings is 2. The summed E-state index contributed by atoms with van der Waals surface area (Å²) >= 11 is 10.9. The third kappa shape index (κ3) is 4.95. The minimum Gasteiger partial charge on any atom is -0.324 e. The van der Waals surface area contributed by atoms with Crippen molar-refractivity contribution < 1.29 is 14.2 Å². The molecule has 6 nitrogen and oxygen atoms in total. The summed E-state index contributed by atoms with van der Waals surface area (Å²) in [6.45, 7) is 1.49. The number of ketones is 1. The molecule has 0 aliphatic rings. The van der Waals surface area contributed by atoms with Crippen LogP contribution < -0.4 is 9.88 Å². The van der Waals surface area contributed by atoms with Gasteiger partial charge < -0.3 is 5.32 Å². The van der Waals surface area contributed by atoms with Gasteiger partial charge in [0.2, 0.25) is 5.91 Å². The Bertz CT molecular complexity index is 1050. The van der Waals surface area contributed by atoms with E-state index >= 15 is 0 Å². The first-order valence-corrected chi connectivity index (χ1v) is 10.3. The van der Waals surface area contributed by atoms with E-state index in [2.05, 4.69) is 31.4 Å².